The van der Waals surface area contributed by atoms with Gasteiger partial charge >= 0.3 is 41.8 Å². The molecule has 4 saturated carbocycles. The molecule has 2 bridgehead atoms. The molecule has 0 spiro atoms. The van der Waals surface area contributed by atoms with Crippen LogP contribution in [0.25, 0.3) is 0 Å². The molecule has 150 heavy (non-hydrogen) atoms. The number of hydrogen-bond acceptors (Lipinski definition) is 21. The standard InChI is InChI=1S/C19H32O2.C16H22O4.C16H30O2.C15H30O3.C14H20O4.C12H22O2.3C10H14O.C6H12O2/c1-8-15(4)16-9-11-17(12-10-16)21-18(20-14(2)3)13-19(5,6)7;1-4-16(2,3)15(17)20-11-19-14-9-10-18-13-8-6-5-7-12(13)14;1-5-14(12-13-10-8-7-9-11-13)18-15(17)16(3,4)6-2;1-9-15(7,8)13(16)18-12(17-11(2)3)10-14(4,5)6;1-4-14(2,3)13(16)18-10-7-5-8-9(6-7)12(15)17-11(8)10;1-4-12(2,3)11(13)14-10-8-6-5-7-9-10;3*1-3-8(2)9-4-6-10(11)7-5-9;1-4-6(2,3)5(7)8/h9-12,14-15,18H,8,13H2,1-7H3;5-8,14H,4,9-11H2,1-3H3;13-14H,5-12H2,1-4H3;11-12H,9-10H2,1-8H3;7-11H,4-6H2,1-3H3;10H,4-9H2,1-3H3;3*4-8,11H,3H2,1-2H3;4H2,1-3H3,(H,7,8). The molecule has 0 radical (unpaired) electrons. The minimum Gasteiger partial charge on any atom is -0.508 e. The number of esters is 6. The molecule has 4 aliphatic carbocycles. The Morgan fingerprint density at radius 1 is 0.407 bits per heavy atom. The molecule has 5 fully saturated rings. The Bertz CT molecular complexity index is 4470. The fraction of sp³-hybridized carbons (Fsp3) is 0.711. The van der Waals surface area contributed by atoms with E-state index in [2.05, 4.69) is 128 Å². The van der Waals surface area contributed by atoms with Crippen molar-refractivity contribution in [3.63, 3.8) is 0 Å². The van der Waals surface area contributed by atoms with Crippen molar-refractivity contribution in [3.8, 4) is 28.7 Å². The van der Waals surface area contributed by atoms with E-state index >= 15 is 0 Å². The number of phenolic OH excluding ortho intramolecular Hbond substituents is 3. The third-order valence-electron chi connectivity index (χ3n) is 30.7. The molecule has 5 aromatic rings. The van der Waals surface area contributed by atoms with Crippen LogP contribution in [0.1, 0.15) is 487 Å². The van der Waals surface area contributed by atoms with Crippen LogP contribution in [0.5, 0.6) is 28.7 Å². The molecule has 0 amide bonds. The fourth-order valence-corrected chi connectivity index (χ4v) is 16.5. The maximum atomic E-state index is 12.1. The molecule has 6 aliphatic rings. The van der Waals surface area contributed by atoms with Crippen LogP contribution in [0.3, 0.4) is 0 Å². The van der Waals surface area contributed by atoms with Gasteiger partial charge in [0.05, 0.1) is 63.3 Å². The number of ether oxygens (including phenoxy) is 11. The van der Waals surface area contributed by atoms with E-state index in [4.69, 9.17) is 72.5 Å². The normalized spacial score (nSPS) is 18.8. The van der Waals surface area contributed by atoms with Gasteiger partial charge in [0.25, 0.3) is 0 Å². The van der Waals surface area contributed by atoms with Crippen molar-refractivity contribution in [2.45, 2.75) is 509 Å². The zero-order valence-electron chi connectivity index (χ0n) is 101. The lowest BCUT2D eigenvalue weighted by Gasteiger charge is -2.30. The van der Waals surface area contributed by atoms with Gasteiger partial charge in [-0.05, 0) is 344 Å². The molecule has 13 atom stereocenters. The number of aromatic hydroxyl groups is 3. The maximum Gasteiger partial charge on any atom is 0.313 e. The first kappa shape index (κ1) is 137. The highest BCUT2D eigenvalue weighted by Gasteiger charge is 2.63. The van der Waals surface area contributed by atoms with Gasteiger partial charge in [0.15, 0.2) is 6.79 Å². The molecular formula is C128H210O22. The zero-order chi connectivity index (χ0) is 114. The van der Waals surface area contributed by atoms with Gasteiger partial charge in [-0.2, -0.15) is 0 Å². The predicted molar refractivity (Wildman–Crippen MR) is 608 cm³/mol. The van der Waals surface area contributed by atoms with E-state index in [0.29, 0.717) is 72.2 Å². The maximum absolute atomic E-state index is 12.1. The van der Waals surface area contributed by atoms with E-state index < -0.39 is 33.9 Å². The minimum absolute atomic E-state index is 0.0126. The summed E-state index contributed by atoms with van der Waals surface area (Å²) in [5.74, 6) is 5.21. The van der Waals surface area contributed by atoms with Crippen molar-refractivity contribution < 1.29 is 106 Å². The van der Waals surface area contributed by atoms with E-state index in [0.717, 1.165) is 132 Å². The third kappa shape index (κ3) is 51.1. The van der Waals surface area contributed by atoms with Gasteiger partial charge in [0.2, 0.25) is 12.6 Å². The van der Waals surface area contributed by atoms with Crippen LogP contribution in [0.4, 0.5) is 0 Å². The Hall–Kier alpha value is -8.73. The minimum atomic E-state index is -0.722. The zero-order valence-corrected chi connectivity index (χ0v) is 101. The molecule has 22 heteroatoms. The molecule has 0 aromatic heterocycles. The van der Waals surface area contributed by atoms with Gasteiger partial charge in [-0.15, -0.1) is 0 Å². The van der Waals surface area contributed by atoms with E-state index in [-0.39, 0.29) is 119 Å². The molecule has 13 unspecified atom stereocenters. The number of para-hydroxylation sites is 1. The summed E-state index contributed by atoms with van der Waals surface area (Å²) >= 11 is 0. The molecule has 5 aromatic carbocycles. The van der Waals surface area contributed by atoms with Crippen LogP contribution in [0.15, 0.2) is 121 Å². The van der Waals surface area contributed by atoms with Gasteiger partial charge in [-0.3, -0.25) is 33.6 Å². The second kappa shape index (κ2) is 67.2. The summed E-state index contributed by atoms with van der Waals surface area (Å²) in [6.45, 7) is 75.7. The highest BCUT2D eigenvalue weighted by Crippen LogP contribution is 2.56. The van der Waals surface area contributed by atoms with Gasteiger partial charge in [0.1, 0.15) is 53.2 Å². The molecule has 1 saturated heterocycles. The van der Waals surface area contributed by atoms with Crippen LogP contribution < -0.4 is 9.47 Å². The van der Waals surface area contributed by atoms with Crippen molar-refractivity contribution in [2.75, 3.05) is 13.4 Å². The Balaban J connectivity index is 0.000000569. The lowest BCUT2D eigenvalue weighted by atomic mass is 9.85. The number of hydrogen-bond donors (Lipinski definition) is 4. The average molecular weight is 2100 g/mol. The molecule has 11 rings (SSSR count). The number of rotatable bonds is 38. The number of carbonyl (C=O) groups excluding carboxylic acids is 6. The first-order valence-electron chi connectivity index (χ1n) is 57.2. The summed E-state index contributed by atoms with van der Waals surface area (Å²) in [5.41, 5.74) is 3.97. The van der Waals surface area contributed by atoms with Crippen molar-refractivity contribution >= 4 is 41.8 Å². The quantitative estimate of drug-likeness (QED) is 0.0162. The Labute approximate surface area is 909 Å². The smallest absolute Gasteiger partial charge is 0.313 e. The number of aliphatic carboxylic acids is 1. The van der Waals surface area contributed by atoms with E-state index in [1.165, 1.54) is 73.6 Å². The van der Waals surface area contributed by atoms with E-state index in [9.17, 15) is 33.6 Å². The molecule has 22 nitrogen and oxygen atoms in total. The van der Waals surface area contributed by atoms with Gasteiger partial charge < -0.3 is 72.5 Å². The fourth-order valence-electron chi connectivity index (χ4n) is 16.5. The molecule has 854 valence electrons. The largest absolute Gasteiger partial charge is 0.508 e. The Morgan fingerprint density at radius 2 is 0.780 bits per heavy atom. The van der Waals surface area contributed by atoms with Crippen LogP contribution >= 0.6 is 0 Å². The van der Waals surface area contributed by atoms with Crippen LogP contribution in [-0.2, 0) is 76.2 Å². The average Bonchev–Trinajstić information content (AvgIpc) is 1.57. The molecule has 2 aliphatic heterocycles. The van der Waals surface area contributed by atoms with Crippen molar-refractivity contribution in [2.24, 2.45) is 67.0 Å². The summed E-state index contributed by atoms with van der Waals surface area (Å²) in [7, 11) is 0. The van der Waals surface area contributed by atoms with Gasteiger partial charge in [-0.1, -0.05) is 251 Å². The first-order valence-corrected chi connectivity index (χ1v) is 57.2. The number of carboxylic acids is 1. The number of fused-ring (bicyclic) bond motifs is 2. The van der Waals surface area contributed by atoms with Crippen LogP contribution in [0, 0.1) is 67.0 Å². The number of phenols is 3. The summed E-state index contributed by atoms with van der Waals surface area (Å²) in [5, 5.41) is 35.5. The predicted octanol–water partition coefficient (Wildman–Crippen LogP) is 33.5. The third-order valence-corrected chi connectivity index (χ3v) is 30.7. The highest BCUT2D eigenvalue weighted by atomic mass is 16.7. The SMILES string of the molecule is CCC(C)(C)C(=O)O.CCC(C)(C)C(=O)OC(CC(C)(C)C)OC(C)C.CCC(C)(C)C(=O)OC1C2CC3C(=O)OC1C3C2.CCC(C)(C)C(=O)OC1CCCCC1.CCC(C)(C)C(=O)OCOC1CCOc2ccccc21.CCC(C)c1ccc(O)cc1.CCC(C)c1ccc(O)cc1.CCC(C)c1ccc(O)cc1.CCC(C)c1ccc(OC(CC(C)(C)C)OC(C)C)cc1.CCC(CC1CCCCC1)OC(=O)C(C)(C)CC. The van der Waals surface area contributed by atoms with Gasteiger partial charge in [-0.25, -0.2) is 0 Å². The summed E-state index contributed by atoms with van der Waals surface area (Å²) in [4.78, 5) is 81.7. The number of carbonyl (C=O) groups is 7. The lowest BCUT2D eigenvalue weighted by Crippen LogP contribution is -2.39. The highest BCUT2D eigenvalue weighted by molar-refractivity contribution is 5.79. The molecular weight excluding hydrogens is 1890 g/mol. The second-order valence-electron chi connectivity index (χ2n) is 49.1. The lowest BCUT2D eigenvalue weighted by molar-refractivity contribution is -0.202. The van der Waals surface area contributed by atoms with Crippen molar-refractivity contribution in [1.82, 2.24) is 0 Å². The van der Waals surface area contributed by atoms with E-state index in [1.54, 1.807) is 50.2 Å². The van der Waals surface area contributed by atoms with Gasteiger partial charge in [0, 0.05) is 36.7 Å². The topological polar surface area (TPSA) is 302 Å². The van der Waals surface area contributed by atoms with Crippen molar-refractivity contribution in [1.29, 1.82) is 0 Å². The van der Waals surface area contributed by atoms with Crippen LogP contribution in [-0.4, -0.2) is 125 Å². The summed E-state index contributed by atoms with van der Waals surface area (Å²) < 4.78 is 61.9. The summed E-state index contributed by atoms with van der Waals surface area (Å²) in [6, 6.07) is 38.5. The Kier molecular flexibility index (Phi) is 61.5. The monoisotopic (exact) mass is 2100 g/mol. The number of carboxylic acid groups (broad SMARTS) is 1. The molecule has 2 heterocycles. The van der Waals surface area contributed by atoms with E-state index in [1.807, 2.05) is 199 Å². The second-order valence-corrected chi connectivity index (χ2v) is 49.1. The first-order chi connectivity index (χ1) is 69.9. The summed E-state index contributed by atoms with van der Waals surface area (Å²) in [6.07, 6.45) is 27.4. The Morgan fingerprint density at radius 3 is 1.17 bits per heavy atom. The van der Waals surface area contributed by atoms with Crippen molar-refractivity contribution in [3.05, 3.63) is 149 Å². The van der Waals surface area contributed by atoms with Crippen LogP contribution in [0.2, 0.25) is 0 Å². The number of benzene rings is 5. The molecule has 4 N–H and O–H groups in total.